The number of rotatable bonds is 4. The van der Waals surface area contributed by atoms with E-state index in [1.54, 1.807) is 0 Å². The zero-order valence-electron chi connectivity index (χ0n) is 17.5. The molecule has 2 aliphatic heterocycles. The van der Waals surface area contributed by atoms with Gasteiger partial charge in [0, 0.05) is 37.0 Å². The minimum absolute atomic E-state index is 0.0332. The molecule has 1 amide bonds. The van der Waals surface area contributed by atoms with Gasteiger partial charge >= 0.3 is 0 Å². The summed E-state index contributed by atoms with van der Waals surface area (Å²) in [4.78, 5) is 17.5. The summed E-state index contributed by atoms with van der Waals surface area (Å²) in [5.74, 6) is 1.14. The predicted molar refractivity (Wildman–Crippen MR) is 113 cm³/mol. The van der Waals surface area contributed by atoms with Crippen molar-refractivity contribution < 1.29 is 4.79 Å². The number of likely N-dealkylation sites (N-methyl/N-ethyl adjacent to an activating group) is 1. The second-order valence-electron chi connectivity index (χ2n) is 8.82. The van der Waals surface area contributed by atoms with E-state index in [4.69, 9.17) is 16.6 Å². The lowest BCUT2D eigenvalue weighted by Gasteiger charge is -2.29. The van der Waals surface area contributed by atoms with Crippen LogP contribution in [0.15, 0.2) is 4.99 Å². The highest BCUT2D eigenvalue weighted by Gasteiger charge is 2.34. The lowest BCUT2D eigenvalue weighted by Crippen LogP contribution is -2.51. The average molecular weight is 414 g/mol. The number of guanidine groups is 1. The topological polar surface area (TPSA) is 92.8 Å². The minimum Gasteiger partial charge on any atom is -0.354 e. The van der Waals surface area contributed by atoms with Crippen LogP contribution >= 0.6 is 11.6 Å². The number of hydrazine groups is 2. The number of carbonyl (C=O) groups is 1. The highest BCUT2D eigenvalue weighted by atomic mass is 35.5. The smallest absolute Gasteiger partial charge is 0.245 e. The zero-order valence-corrected chi connectivity index (χ0v) is 18.2. The van der Waals surface area contributed by atoms with Crippen molar-refractivity contribution in [3.05, 3.63) is 0 Å². The van der Waals surface area contributed by atoms with E-state index < -0.39 is 0 Å². The molecule has 3 rings (SSSR count). The van der Waals surface area contributed by atoms with E-state index in [2.05, 4.69) is 33.8 Å². The van der Waals surface area contributed by atoms with E-state index in [0.717, 1.165) is 38.5 Å². The molecule has 1 saturated carbocycles. The maximum Gasteiger partial charge on any atom is 0.245 e. The number of halogens is 1. The molecule has 0 bridgehead atoms. The van der Waals surface area contributed by atoms with Gasteiger partial charge in [0.2, 0.25) is 5.91 Å². The molecule has 0 aromatic heterocycles. The summed E-state index contributed by atoms with van der Waals surface area (Å²) in [7, 11) is 1.91. The van der Waals surface area contributed by atoms with E-state index in [0.29, 0.717) is 29.3 Å². The van der Waals surface area contributed by atoms with Crippen molar-refractivity contribution in [2.45, 2.75) is 95.0 Å². The van der Waals surface area contributed by atoms with Gasteiger partial charge in [-0.1, -0.05) is 0 Å². The van der Waals surface area contributed by atoms with Crippen molar-refractivity contribution in [1.29, 1.82) is 0 Å². The highest BCUT2D eigenvalue weighted by Crippen LogP contribution is 2.32. The number of carbonyl (C=O) groups excluding carboxylic acids is 1. The minimum atomic E-state index is -0.192. The maximum atomic E-state index is 12.7. The zero-order chi connectivity index (χ0) is 20.3. The SMILES string of the molecule is CC(C)N/C(=N\C1CC(C2CCC(Cl)CC2)NN1)NC(=O)C1CC(C)NN1C. The van der Waals surface area contributed by atoms with Crippen molar-refractivity contribution in [3.8, 4) is 0 Å². The maximum absolute atomic E-state index is 12.7. The van der Waals surface area contributed by atoms with Gasteiger partial charge in [0.1, 0.15) is 12.2 Å². The van der Waals surface area contributed by atoms with Gasteiger partial charge in [0.05, 0.1) is 0 Å². The molecule has 1 aliphatic carbocycles. The normalized spacial score (nSPS) is 37.4. The number of hydrogen-bond donors (Lipinski definition) is 5. The monoisotopic (exact) mass is 413 g/mol. The Kier molecular flexibility index (Phi) is 7.55. The summed E-state index contributed by atoms with van der Waals surface area (Å²) in [5, 5.41) is 8.50. The summed E-state index contributed by atoms with van der Waals surface area (Å²) < 4.78 is 0. The number of nitrogens with zero attached hydrogens (tertiary/aromatic N) is 2. The number of amides is 1. The third-order valence-electron chi connectivity index (χ3n) is 5.91. The molecule has 0 spiro atoms. The summed E-state index contributed by atoms with van der Waals surface area (Å²) in [5.41, 5.74) is 9.97. The molecule has 28 heavy (non-hydrogen) atoms. The fourth-order valence-corrected chi connectivity index (χ4v) is 4.69. The second-order valence-corrected chi connectivity index (χ2v) is 9.43. The Bertz CT molecular complexity index is 564. The highest BCUT2D eigenvalue weighted by molar-refractivity contribution is 6.20. The number of hydrogen-bond acceptors (Lipinski definition) is 6. The first-order chi connectivity index (χ1) is 13.3. The van der Waals surface area contributed by atoms with Gasteiger partial charge in [0.25, 0.3) is 0 Å². The van der Waals surface area contributed by atoms with Crippen LogP contribution in [0.4, 0.5) is 0 Å². The van der Waals surface area contributed by atoms with Gasteiger partial charge < -0.3 is 5.32 Å². The van der Waals surface area contributed by atoms with Crippen LogP contribution in [0.1, 0.15) is 59.3 Å². The van der Waals surface area contributed by atoms with Gasteiger partial charge in [-0.05, 0) is 58.8 Å². The van der Waals surface area contributed by atoms with Crippen LogP contribution in [-0.2, 0) is 4.79 Å². The average Bonchev–Trinajstić information content (AvgIpc) is 3.21. The van der Waals surface area contributed by atoms with Crippen LogP contribution < -0.4 is 26.9 Å². The molecule has 5 N–H and O–H groups in total. The van der Waals surface area contributed by atoms with Gasteiger partial charge in [-0.15, -0.1) is 11.6 Å². The third-order valence-corrected chi connectivity index (χ3v) is 6.34. The van der Waals surface area contributed by atoms with E-state index >= 15 is 0 Å². The van der Waals surface area contributed by atoms with Crippen LogP contribution in [-0.4, -0.2) is 59.6 Å². The van der Waals surface area contributed by atoms with Crippen LogP contribution in [0.3, 0.4) is 0 Å². The Morgan fingerprint density at radius 2 is 1.89 bits per heavy atom. The Morgan fingerprint density at radius 1 is 1.18 bits per heavy atom. The van der Waals surface area contributed by atoms with Crippen LogP contribution in [0.25, 0.3) is 0 Å². The standard InChI is InChI=1S/C19H36ClN7O/c1-11(2)21-19(23-18(28)16-9-12(3)26-27(16)4)22-17-10-15(24-25-17)13-5-7-14(20)8-6-13/h11-17,24-26H,5-10H2,1-4H3,(H2,21,22,23,28). The molecule has 4 unspecified atom stereocenters. The summed E-state index contributed by atoms with van der Waals surface area (Å²) >= 11 is 6.24. The Hall–Kier alpha value is -0.930. The molecule has 0 radical (unpaired) electrons. The number of nitrogens with one attached hydrogen (secondary N) is 5. The summed E-state index contributed by atoms with van der Waals surface area (Å²) in [6.07, 6.45) is 6.16. The van der Waals surface area contributed by atoms with Crippen molar-refractivity contribution in [1.82, 2.24) is 31.9 Å². The first-order valence-electron chi connectivity index (χ1n) is 10.6. The molecule has 2 saturated heterocycles. The molecule has 160 valence electrons. The number of alkyl halides is 1. The van der Waals surface area contributed by atoms with Crippen LogP contribution in [0, 0.1) is 5.92 Å². The quantitative estimate of drug-likeness (QED) is 0.269. The molecular formula is C19H36ClN7O. The van der Waals surface area contributed by atoms with Crippen LogP contribution in [0.2, 0.25) is 0 Å². The van der Waals surface area contributed by atoms with Gasteiger partial charge in [-0.3, -0.25) is 21.0 Å². The molecule has 3 fully saturated rings. The van der Waals surface area contributed by atoms with Gasteiger partial charge in [-0.2, -0.15) is 0 Å². The van der Waals surface area contributed by atoms with Crippen molar-refractivity contribution in [2.24, 2.45) is 10.9 Å². The molecule has 3 aliphatic rings. The molecule has 9 heteroatoms. The predicted octanol–water partition coefficient (Wildman–Crippen LogP) is 1.04. The Balaban J connectivity index is 1.58. The van der Waals surface area contributed by atoms with E-state index in [-0.39, 0.29) is 24.2 Å². The van der Waals surface area contributed by atoms with Crippen molar-refractivity contribution in [3.63, 3.8) is 0 Å². The molecule has 0 aromatic rings. The lowest BCUT2D eigenvalue weighted by atomic mass is 9.83. The van der Waals surface area contributed by atoms with E-state index in [9.17, 15) is 4.79 Å². The first-order valence-corrected chi connectivity index (χ1v) is 11.0. The first kappa shape index (κ1) is 21.8. The largest absolute Gasteiger partial charge is 0.354 e. The molecular weight excluding hydrogens is 378 g/mol. The van der Waals surface area contributed by atoms with Crippen LogP contribution in [0.5, 0.6) is 0 Å². The van der Waals surface area contributed by atoms with Gasteiger partial charge in [-0.25, -0.2) is 15.4 Å². The van der Waals surface area contributed by atoms with E-state index in [1.807, 2.05) is 25.9 Å². The summed E-state index contributed by atoms with van der Waals surface area (Å²) in [6.45, 7) is 6.17. The van der Waals surface area contributed by atoms with Gasteiger partial charge in [0.15, 0.2) is 5.96 Å². The molecule has 2 heterocycles. The third kappa shape index (κ3) is 5.79. The second kappa shape index (κ2) is 9.71. The molecule has 8 nitrogen and oxygen atoms in total. The molecule has 4 atom stereocenters. The molecule has 0 aromatic carbocycles. The fraction of sp³-hybridized carbons (Fsp3) is 0.895. The fourth-order valence-electron chi connectivity index (χ4n) is 4.44. The summed E-state index contributed by atoms with van der Waals surface area (Å²) in [6, 6.07) is 0.688. The van der Waals surface area contributed by atoms with Crippen molar-refractivity contribution >= 4 is 23.5 Å². The van der Waals surface area contributed by atoms with Crippen molar-refractivity contribution in [2.75, 3.05) is 7.05 Å². The Labute approximate surface area is 173 Å². The Morgan fingerprint density at radius 3 is 2.50 bits per heavy atom. The van der Waals surface area contributed by atoms with E-state index in [1.165, 1.54) is 0 Å². The number of aliphatic imine (C=N–C) groups is 1. The lowest BCUT2D eigenvalue weighted by molar-refractivity contribution is -0.124.